The first-order valence-electron chi connectivity index (χ1n) is 6.33. The van der Waals surface area contributed by atoms with Crippen LogP contribution >= 0.6 is 0 Å². The van der Waals surface area contributed by atoms with Crippen molar-refractivity contribution in [1.29, 1.82) is 0 Å². The summed E-state index contributed by atoms with van der Waals surface area (Å²) in [6, 6.07) is 14.6. The number of carbonyl (C=O) groups excluding carboxylic acids is 2. The molecule has 2 aromatic carbocycles. The second kappa shape index (κ2) is 6.56. The van der Waals surface area contributed by atoms with E-state index in [0.717, 1.165) is 5.56 Å². The molecule has 0 spiro atoms. The van der Waals surface area contributed by atoms with Crippen molar-refractivity contribution in [2.45, 2.75) is 12.5 Å². The summed E-state index contributed by atoms with van der Waals surface area (Å²) in [5.74, 6) is -3.09. The van der Waals surface area contributed by atoms with E-state index in [-0.39, 0.29) is 12.4 Å². The Labute approximate surface area is 122 Å². The lowest BCUT2D eigenvalue weighted by molar-refractivity contribution is -0.149. The van der Waals surface area contributed by atoms with Gasteiger partial charge in [-0.2, -0.15) is 0 Å². The zero-order valence-electron chi connectivity index (χ0n) is 11.2. The number of esters is 1. The summed E-state index contributed by atoms with van der Waals surface area (Å²) in [5.41, 5.74) is 8.36. The molecular formula is C16H14NO4. The number of carbonyl (C=O) groups is 2. The fraction of sp³-hybridized carbons (Fsp3) is 0.125. The molecule has 0 bridgehead atoms. The number of phenols is 1. The minimum Gasteiger partial charge on any atom is -0.508 e. The van der Waals surface area contributed by atoms with Gasteiger partial charge in [-0.05, 0) is 23.3 Å². The highest BCUT2D eigenvalue weighted by Crippen LogP contribution is 2.21. The van der Waals surface area contributed by atoms with E-state index in [1.54, 1.807) is 12.1 Å². The SMILES string of the molecule is [NH]C(=O)C(C(=O)OCc1ccccc1)c1ccc(O)cc1. The number of amides is 1. The molecule has 1 atom stereocenters. The molecule has 0 saturated carbocycles. The molecule has 21 heavy (non-hydrogen) atoms. The lowest BCUT2D eigenvalue weighted by atomic mass is 9.98. The van der Waals surface area contributed by atoms with Crippen LogP contribution in [0.1, 0.15) is 17.0 Å². The summed E-state index contributed by atoms with van der Waals surface area (Å²) in [7, 11) is 0. The molecule has 2 N–H and O–H groups in total. The molecular weight excluding hydrogens is 270 g/mol. The minimum atomic E-state index is -1.30. The Balaban J connectivity index is 2.09. The van der Waals surface area contributed by atoms with Gasteiger partial charge in [0.15, 0.2) is 5.92 Å². The number of benzene rings is 2. The Morgan fingerprint density at radius 3 is 2.24 bits per heavy atom. The molecule has 0 aliphatic carbocycles. The first-order valence-corrected chi connectivity index (χ1v) is 6.33. The van der Waals surface area contributed by atoms with Gasteiger partial charge in [-0.3, -0.25) is 15.3 Å². The number of hydrogen-bond acceptors (Lipinski definition) is 4. The molecule has 0 aliphatic rings. The van der Waals surface area contributed by atoms with Crippen LogP contribution in [0.3, 0.4) is 0 Å². The third kappa shape index (κ3) is 3.82. The highest BCUT2D eigenvalue weighted by atomic mass is 16.5. The van der Waals surface area contributed by atoms with Crippen LogP contribution in [0.5, 0.6) is 5.75 Å². The first kappa shape index (κ1) is 14.6. The summed E-state index contributed by atoms with van der Waals surface area (Å²) in [5, 5.41) is 9.22. The van der Waals surface area contributed by atoms with Crippen LogP contribution in [-0.2, 0) is 20.9 Å². The predicted molar refractivity (Wildman–Crippen MR) is 75.2 cm³/mol. The normalized spacial score (nSPS) is 11.6. The van der Waals surface area contributed by atoms with E-state index in [2.05, 4.69) is 0 Å². The van der Waals surface area contributed by atoms with Crippen molar-refractivity contribution in [3.8, 4) is 5.75 Å². The number of rotatable bonds is 5. The van der Waals surface area contributed by atoms with Gasteiger partial charge in [-0.1, -0.05) is 42.5 Å². The average Bonchev–Trinajstić information content (AvgIpc) is 2.48. The second-order valence-electron chi connectivity index (χ2n) is 4.48. The first-order chi connectivity index (χ1) is 10.1. The molecule has 1 radical (unpaired) electrons. The van der Waals surface area contributed by atoms with Gasteiger partial charge in [0.2, 0.25) is 0 Å². The highest BCUT2D eigenvalue weighted by Gasteiger charge is 2.28. The molecule has 1 amide bonds. The van der Waals surface area contributed by atoms with Crippen LogP contribution in [0.15, 0.2) is 54.6 Å². The summed E-state index contributed by atoms with van der Waals surface area (Å²) < 4.78 is 5.09. The maximum atomic E-state index is 12.0. The zero-order chi connectivity index (χ0) is 15.2. The highest BCUT2D eigenvalue weighted by molar-refractivity contribution is 6.02. The molecule has 1 unspecified atom stereocenters. The topological polar surface area (TPSA) is 87.4 Å². The fourth-order valence-corrected chi connectivity index (χ4v) is 1.87. The van der Waals surface area contributed by atoms with Crippen LogP contribution in [0, 0.1) is 0 Å². The van der Waals surface area contributed by atoms with Crippen LogP contribution in [0.4, 0.5) is 0 Å². The van der Waals surface area contributed by atoms with Crippen molar-refractivity contribution in [2.24, 2.45) is 0 Å². The molecule has 5 nitrogen and oxygen atoms in total. The van der Waals surface area contributed by atoms with E-state index in [4.69, 9.17) is 10.5 Å². The molecule has 2 rings (SSSR count). The molecule has 0 aliphatic heterocycles. The smallest absolute Gasteiger partial charge is 0.323 e. The Hall–Kier alpha value is -2.82. The van der Waals surface area contributed by atoms with Crippen molar-refractivity contribution in [1.82, 2.24) is 5.73 Å². The summed E-state index contributed by atoms with van der Waals surface area (Å²) in [6.07, 6.45) is 0. The quantitative estimate of drug-likeness (QED) is 0.672. The van der Waals surface area contributed by atoms with E-state index < -0.39 is 17.8 Å². The average molecular weight is 284 g/mol. The molecule has 2 aromatic rings. The van der Waals surface area contributed by atoms with Crippen molar-refractivity contribution in [3.05, 3.63) is 65.7 Å². The molecule has 0 saturated heterocycles. The number of ether oxygens (including phenoxy) is 1. The number of aromatic hydroxyl groups is 1. The molecule has 0 fully saturated rings. The fourth-order valence-electron chi connectivity index (χ4n) is 1.87. The Bertz CT molecular complexity index is 622. The van der Waals surface area contributed by atoms with Gasteiger partial charge in [0.05, 0.1) is 0 Å². The van der Waals surface area contributed by atoms with Crippen LogP contribution < -0.4 is 5.73 Å². The van der Waals surface area contributed by atoms with Crippen molar-refractivity contribution >= 4 is 11.9 Å². The van der Waals surface area contributed by atoms with Gasteiger partial charge in [-0.25, -0.2) is 0 Å². The maximum Gasteiger partial charge on any atom is 0.323 e. The monoisotopic (exact) mass is 284 g/mol. The van der Waals surface area contributed by atoms with E-state index in [0.29, 0.717) is 5.56 Å². The summed E-state index contributed by atoms with van der Waals surface area (Å²) >= 11 is 0. The lowest BCUT2D eigenvalue weighted by Gasteiger charge is -2.13. The van der Waals surface area contributed by atoms with Crippen LogP contribution in [-0.4, -0.2) is 17.0 Å². The Morgan fingerprint density at radius 2 is 1.67 bits per heavy atom. The minimum absolute atomic E-state index is 0.0209. The molecule has 0 aromatic heterocycles. The number of nitrogens with one attached hydrogen (secondary N) is 1. The number of hydrogen-bond donors (Lipinski definition) is 1. The summed E-state index contributed by atoms with van der Waals surface area (Å²) in [4.78, 5) is 23.4. The Morgan fingerprint density at radius 1 is 1.05 bits per heavy atom. The zero-order valence-corrected chi connectivity index (χ0v) is 11.2. The van der Waals surface area contributed by atoms with Gasteiger partial charge < -0.3 is 9.84 Å². The van der Waals surface area contributed by atoms with E-state index >= 15 is 0 Å². The van der Waals surface area contributed by atoms with Crippen LogP contribution in [0.2, 0.25) is 0 Å². The van der Waals surface area contributed by atoms with Crippen molar-refractivity contribution in [3.63, 3.8) is 0 Å². The maximum absolute atomic E-state index is 12.0. The van der Waals surface area contributed by atoms with Gasteiger partial charge in [0, 0.05) is 0 Å². The number of phenolic OH excluding ortho intramolecular Hbond substituents is 1. The third-order valence-electron chi connectivity index (χ3n) is 2.95. The van der Waals surface area contributed by atoms with Crippen molar-refractivity contribution in [2.75, 3.05) is 0 Å². The third-order valence-corrected chi connectivity index (χ3v) is 2.95. The largest absolute Gasteiger partial charge is 0.508 e. The molecule has 5 heteroatoms. The van der Waals surface area contributed by atoms with Gasteiger partial charge in [0.1, 0.15) is 12.4 Å². The molecule has 107 valence electrons. The Kier molecular flexibility index (Phi) is 4.56. The molecule has 0 heterocycles. The van der Waals surface area contributed by atoms with E-state index in [1.165, 1.54) is 24.3 Å². The van der Waals surface area contributed by atoms with E-state index in [9.17, 15) is 14.7 Å². The second-order valence-corrected chi connectivity index (χ2v) is 4.48. The predicted octanol–water partition coefficient (Wildman–Crippen LogP) is 2.03. The van der Waals surface area contributed by atoms with Gasteiger partial charge in [0.25, 0.3) is 5.91 Å². The standard InChI is InChI=1S/C16H14NO4/c17-15(19)14(12-6-8-13(18)9-7-12)16(20)21-10-11-4-2-1-3-5-11/h1-9,14,17-18H,10H2. The van der Waals surface area contributed by atoms with E-state index in [1.807, 2.05) is 18.2 Å². The summed E-state index contributed by atoms with van der Waals surface area (Å²) in [6.45, 7) is 0.0432. The van der Waals surface area contributed by atoms with Crippen molar-refractivity contribution < 1.29 is 19.4 Å². The van der Waals surface area contributed by atoms with Gasteiger partial charge >= 0.3 is 5.97 Å². The van der Waals surface area contributed by atoms with Crippen LogP contribution in [0.25, 0.3) is 0 Å². The van der Waals surface area contributed by atoms with Gasteiger partial charge in [-0.15, -0.1) is 0 Å². The lowest BCUT2D eigenvalue weighted by Crippen LogP contribution is -2.24.